The van der Waals surface area contributed by atoms with Crippen molar-refractivity contribution in [3.63, 3.8) is 0 Å². The number of carboxylic acid groups (broad SMARTS) is 1. The minimum atomic E-state index is -2.15. The summed E-state index contributed by atoms with van der Waals surface area (Å²) in [4.78, 5) is 11.8. The number of aliphatic hydroxyl groups is 2. The summed E-state index contributed by atoms with van der Waals surface area (Å²) >= 11 is 0. The molecule has 0 saturated heterocycles. The Morgan fingerprint density at radius 1 is 1.30 bits per heavy atom. The monoisotopic (exact) mass is 318 g/mol. The Labute approximate surface area is 132 Å². The molecule has 1 spiro atoms. The van der Waals surface area contributed by atoms with Crippen molar-refractivity contribution in [1.82, 2.24) is 0 Å². The highest BCUT2D eigenvalue weighted by atomic mass is 16.5. The molecule has 122 valence electrons. The van der Waals surface area contributed by atoms with Gasteiger partial charge in [0.05, 0.1) is 11.0 Å². The summed E-state index contributed by atoms with van der Waals surface area (Å²) in [6, 6.07) is 3.38. The number of aliphatic carboxylic acids is 1. The SMILES string of the molecule is O=C(O)[C@]1(O)C[C@@]2(O)[C@@H]3CCC[C@@]24c2c(ccc(O)c2O[C@@H]14)C3. The number of rotatable bonds is 1. The number of benzene rings is 1. The molecule has 1 heterocycles. The van der Waals surface area contributed by atoms with E-state index in [2.05, 4.69) is 0 Å². The van der Waals surface area contributed by atoms with E-state index in [1.54, 1.807) is 6.07 Å². The van der Waals surface area contributed by atoms with Crippen LogP contribution in [0.25, 0.3) is 0 Å². The second kappa shape index (κ2) is 3.65. The maximum absolute atomic E-state index is 11.8. The summed E-state index contributed by atoms with van der Waals surface area (Å²) in [5.41, 5.74) is -2.69. The summed E-state index contributed by atoms with van der Waals surface area (Å²) in [5, 5.41) is 42.2. The molecule has 0 amide bonds. The molecule has 1 aromatic rings. The van der Waals surface area contributed by atoms with Crippen LogP contribution < -0.4 is 4.74 Å². The molecular weight excluding hydrogens is 300 g/mol. The number of phenols is 1. The lowest BCUT2D eigenvalue weighted by Crippen LogP contribution is -2.61. The van der Waals surface area contributed by atoms with Gasteiger partial charge in [-0.15, -0.1) is 0 Å². The van der Waals surface area contributed by atoms with Gasteiger partial charge in [-0.2, -0.15) is 0 Å². The van der Waals surface area contributed by atoms with Crippen molar-refractivity contribution in [2.75, 3.05) is 0 Å². The quantitative estimate of drug-likeness (QED) is 0.607. The number of aromatic hydroxyl groups is 1. The summed E-state index contributed by atoms with van der Waals surface area (Å²) in [6.45, 7) is 0. The lowest BCUT2D eigenvalue weighted by atomic mass is 9.52. The fourth-order valence-corrected chi connectivity index (χ4v) is 5.92. The van der Waals surface area contributed by atoms with Gasteiger partial charge in [-0.1, -0.05) is 12.5 Å². The third-order valence-corrected chi connectivity index (χ3v) is 6.73. The highest BCUT2D eigenvalue weighted by Gasteiger charge is 2.80. The van der Waals surface area contributed by atoms with Gasteiger partial charge in [0.15, 0.2) is 17.6 Å². The molecule has 1 aliphatic heterocycles. The molecule has 23 heavy (non-hydrogen) atoms. The summed E-state index contributed by atoms with van der Waals surface area (Å²) in [7, 11) is 0. The molecule has 2 bridgehead atoms. The molecule has 5 rings (SSSR count). The summed E-state index contributed by atoms with van der Waals surface area (Å²) < 4.78 is 5.83. The van der Waals surface area contributed by atoms with Gasteiger partial charge in [0.2, 0.25) is 5.60 Å². The predicted molar refractivity (Wildman–Crippen MR) is 77.4 cm³/mol. The van der Waals surface area contributed by atoms with Crippen LogP contribution in [0, 0.1) is 5.92 Å². The van der Waals surface area contributed by atoms with Crippen LogP contribution >= 0.6 is 0 Å². The first-order valence-electron chi connectivity index (χ1n) is 8.05. The second-order valence-electron chi connectivity index (χ2n) is 7.54. The normalized spacial score (nSPS) is 45.5. The van der Waals surface area contributed by atoms with E-state index in [0.717, 1.165) is 24.0 Å². The van der Waals surface area contributed by atoms with Gasteiger partial charge in [0, 0.05) is 12.0 Å². The van der Waals surface area contributed by atoms with Crippen molar-refractivity contribution in [1.29, 1.82) is 0 Å². The molecule has 0 aromatic heterocycles. The Morgan fingerprint density at radius 2 is 2.09 bits per heavy atom. The van der Waals surface area contributed by atoms with Crippen LogP contribution in [0.15, 0.2) is 12.1 Å². The van der Waals surface area contributed by atoms with E-state index in [0.29, 0.717) is 12.8 Å². The first-order chi connectivity index (χ1) is 10.8. The molecule has 3 aliphatic carbocycles. The Kier molecular flexibility index (Phi) is 2.16. The maximum Gasteiger partial charge on any atom is 0.339 e. The third-order valence-electron chi connectivity index (χ3n) is 6.73. The van der Waals surface area contributed by atoms with Crippen LogP contribution in [0.3, 0.4) is 0 Å². The molecule has 4 N–H and O–H groups in total. The van der Waals surface area contributed by atoms with Gasteiger partial charge in [0.25, 0.3) is 0 Å². The molecule has 0 radical (unpaired) electrons. The molecular formula is C17H18O6. The van der Waals surface area contributed by atoms with Crippen molar-refractivity contribution in [2.45, 2.75) is 54.8 Å². The molecule has 2 saturated carbocycles. The zero-order valence-electron chi connectivity index (χ0n) is 12.5. The maximum atomic E-state index is 11.8. The molecule has 4 aliphatic rings. The zero-order chi connectivity index (χ0) is 16.2. The van der Waals surface area contributed by atoms with E-state index in [9.17, 15) is 25.2 Å². The number of ether oxygens (including phenoxy) is 1. The second-order valence-corrected chi connectivity index (χ2v) is 7.54. The van der Waals surface area contributed by atoms with Crippen LogP contribution in [-0.4, -0.2) is 43.7 Å². The van der Waals surface area contributed by atoms with Gasteiger partial charge >= 0.3 is 5.97 Å². The van der Waals surface area contributed by atoms with Crippen LogP contribution in [0.4, 0.5) is 0 Å². The van der Waals surface area contributed by atoms with Crippen molar-refractivity contribution in [3.05, 3.63) is 23.3 Å². The third kappa shape index (κ3) is 1.18. The van der Waals surface area contributed by atoms with E-state index in [4.69, 9.17) is 4.74 Å². The van der Waals surface area contributed by atoms with Crippen molar-refractivity contribution in [3.8, 4) is 11.5 Å². The fraction of sp³-hybridized carbons (Fsp3) is 0.588. The first kappa shape index (κ1) is 13.6. The minimum Gasteiger partial charge on any atom is -0.504 e. The van der Waals surface area contributed by atoms with E-state index < -0.39 is 28.7 Å². The van der Waals surface area contributed by atoms with E-state index in [-0.39, 0.29) is 23.8 Å². The highest BCUT2D eigenvalue weighted by Crippen LogP contribution is 2.70. The molecule has 6 nitrogen and oxygen atoms in total. The van der Waals surface area contributed by atoms with Crippen LogP contribution in [0.5, 0.6) is 11.5 Å². The standard InChI is InChI=1S/C17H18O6/c18-10-4-3-8-6-9-2-1-5-15-11(8)12(10)23-13(15)16(21,14(19)20)7-17(9,15)22/h3-4,9,13,18,21-22H,1-2,5-7H2,(H,19,20)/t9-,13-,15+,16+,17-/m1/s1. The Balaban J connectivity index is 1.88. The lowest BCUT2D eigenvalue weighted by molar-refractivity contribution is -0.167. The molecule has 5 atom stereocenters. The van der Waals surface area contributed by atoms with Gasteiger partial charge < -0.3 is 25.2 Å². The largest absolute Gasteiger partial charge is 0.504 e. The number of carbonyl (C=O) groups is 1. The Hall–Kier alpha value is -1.79. The topological polar surface area (TPSA) is 107 Å². The minimum absolute atomic E-state index is 0.0633. The van der Waals surface area contributed by atoms with E-state index >= 15 is 0 Å². The summed E-state index contributed by atoms with van der Waals surface area (Å²) in [5.74, 6) is -1.30. The van der Waals surface area contributed by atoms with Crippen LogP contribution in [0.2, 0.25) is 0 Å². The van der Waals surface area contributed by atoms with Crippen LogP contribution in [0.1, 0.15) is 36.8 Å². The van der Waals surface area contributed by atoms with Crippen molar-refractivity contribution >= 4 is 5.97 Å². The predicted octanol–water partition coefficient (Wildman–Crippen LogP) is 0.698. The molecule has 1 aromatic carbocycles. The van der Waals surface area contributed by atoms with Gasteiger partial charge in [-0.25, -0.2) is 4.79 Å². The van der Waals surface area contributed by atoms with Gasteiger partial charge in [-0.3, -0.25) is 0 Å². The van der Waals surface area contributed by atoms with Gasteiger partial charge in [-0.05, 0) is 36.8 Å². The number of hydrogen-bond acceptors (Lipinski definition) is 5. The smallest absolute Gasteiger partial charge is 0.339 e. The van der Waals surface area contributed by atoms with Crippen LogP contribution in [-0.2, 0) is 16.6 Å². The molecule has 0 unspecified atom stereocenters. The Morgan fingerprint density at radius 3 is 2.83 bits per heavy atom. The summed E-state index contributed by atoms with van der Waals surface area (Å²) in [6.07, 6.45) is 1.53. The van der Waals surface area contributed by atoms with Crippen molar-refractivity contribution in [2.24, 2.45) is 5.92 Å². The highest BCUT2D eigenvalue weighted by molar-refractivity contribution is 5.82. The van der Waals surface area contributed by atoms with E-state index in [1.165, 1.54) is 0 Å². The fourth-order valence-electron chi connectivity index (χ4n) is 5.92. The number of phenolic OH excluding ortho intramolecular Hbond substituents is 1. The van der Waals surface area contributed by atoms with Gasteiger partial charge in [0.1, 0.15) is 0 Å². The Bertz CT molecular complexity index is 760. The molecule has 6 heteroatoms. The molecule has 2 fully saturated rings. The average Bonchev–Trinajstić information content (AvgIpc) is 2.92. The zero-order valence-corrected chi connectivity index (χ0v) is 12.5. The van der Waals surface area contributed by atoms with E-state index in [1.807, 2.05) is 6.07 Å². The van der Waals surface area contributed by atoms with Crippen molar-refractivity contribution < 1.29 is 30.0 Å². The lowest BCUT2D eigenvalue weighted by Gasteiger charge is -2.53. The number of carboxylic acids is 1. The number of hydrogen-bond donors (Lipinski definition) is 4. The average molecular weight is 318 g/mol. The first-order valence-corrected chi connectivity index (χ1v) is 8.05.